The third-order valence-corrected chi connectivity index (χ3v) is 2.86. The number of hydrogen-bond donors (Lipinski definition) is 2. The van der Waals surface area contributed by atoms with Gasteiger partial charge in [0, 0.05) is 20.2 Å². The van der Waals surface area contributed by atoms with E-state index in [1.54, 1.807) is 14.1 Å². The van der Waals surface area contributed by atoms with Crippen LogP contribution in [-0.2, 0) is 11.0 Å². The highest BCUT2D eigenvalue weighted by atomic mass is 32.2. The first-order chi connectivity index (χ1) is 8.74. The monoisotopic (exact) mass is 295 g/mol. The maximum Gasteiger partial charge on any atom is 0.433 e. The van der Waals surface area contributed by atoms with E-state index in [1.807, 2.05) is 5.43 Å². The minimum absolute atomic E-state index is 0.0190. The summed E-state index contributed by atoms with van der Waals surface area (Å²) in [5.74, 6) is 4.40. The van der Waals surface area contributed by atoms with Crippen molar-refractivity contribution in [3.05, 3.63) is 11.8 Å². The molecule has 19 heavy (non-hydrogen) atoms. The zero-order chi connectivity index (χ0) is 14.6. The van der Waals surface area contributed by atoms with Crippen LogP contribution in [0, 0.1) is 0 Å². The Morgan fingerprint density at radius 2 is 2.11 bits per heavy atom. The lowest BCUT2D eigenvalue weighted by atomic mass is 10.4. The molecule has 0 bridgehead atoms. The van der Waals surface area contributed by atoms with E-state index >= 15 is 0 Å². The summed E-state index contributed by atoms with van der Waals surface area (Å²) in [6.45, 7) is 0. The van der Waals surface area contributed by atoms with E-state index in [1.165, 1.54) is 4.90 Å². The molecule has 0 aliphatic carbocycles. The van der Waals surface area contributed by atoms with Crippen molar-refractivity contribution < 1.29 is 18.0 Å². The van der Waals surface area contributed by atoms with Gasteiger partial charge in [-0.15, -0.1) is 0 Å². The number of alkyl halides is 3. The summed E-state index contributed by atoms with van der Waals surface area (Å²) >= 11 is 0.879. The molecule has 1 amide bonds. The van der Waals surface area contributed by atoms with Crippen LogP contribution in [-0.4, -0.2) is 40.6 Å². The van der Waals surface area contributed by atoms with Crippen molar-refractivity contribution in [2.24, 2.45) is 5.84 Å². The second-order valence-electron chi connectivity index (χ2n) is 3.63. The molecule has 0 atom stereocenters. The van der Waals surface area contributed by atoms with Gasteiger partial charge in [0.15, 0.2) is 5.69 Å². The molecule has 1 heterocycles. The number of nitrogens with zero attached hydrogens (tertiary/aromatic N) is 3. The first-order valence-electron chi connectivity index (χ1n) is 5.00. The molecule has 0 aliphatic rings. The van der Waals surface area contributed by atoms with Gasteiger partial charge in [-0.05, 0) is 0 Å². The van der Waals surface area contributed by atoms with E-state index in [9.17, 15) is 18.0 Å². The number of carbonyl (C=O) groups is 1. The number of hydrazine groups is 1. The summed E-state index contributed by atoms with van der Waals surface area (Å²) in [6.07, 6.45) is -4.60. The second-order valence-corrected chi connectivity index (χ2v) is 4.63. The summed E-state index contributed by atoms with van der Waals surface area (Å²) in [5, 5.41) is 0.0190. The standard InChI is InChI=1S/C9H12F3N5OS/c1-17(2)7(18)4-19-6-3-5(9(10,11)12)14-8(15-6)16-13/h3H,4,13H2,1-2H3,(H,14,15,16). The lowest BCUT2D eigenvalue weighted by molar-refractivity contribution is -0.141. The highest BCUT2D eigenvalue weighted by Gasteiger charge is 2.33. The van der Waals surface area contributed by atoms with Crippen molar-refractivity contribution in [3.8, 4) is 0 Å². The fourth-order valence-corrected chi connectivity index (χ4v) is 1.85. The van der Waals surface area contributed by atoms with Crippen LogP contribution in [0.1, 0.15) is 5.69 Å². The van der Waals surface area contributed by atoms with E-state index < -0.39 is 11.9 Å². The molecule has 1 aromatic heterocycles. The predicted octanol–water partition coefficient (Wildman–Crippen LogP) is 0.961. The number of aromatic nitrogens is 2. The first kappa shape index (κ1) is 15.5. The van der Waals surface area contributed by atoms with Crippen molar-refractivity contribution in [2.45, 2.75) is 11.2 Å². The molecular weight excluding hydrogens is 283 g/mol. The summed E-state index contributed by atoms with van der Waals surface area (Å²) < 4.78 is 37.7. The van der Waals surface area contributed by atoms with Crippen LogP contribution in [0.2, 0.25) is 0 Å². The molecule has 10 heteroatoms. The lowest BCUT2D eigenvalue weighted by Gasteiger charge is -2.11. The molecule has 0 radical (unpaired) electrons. The molecule has 0 spiro atoms. The molecule has 3 N–H and O–H groups in total. The number of nitrogen functional groups attached to an aromatic ring is 1. The maximum absolute atomic E-state index is 12.6. The predicted molar refractivity (Wildman–Crippen MR) is 64.3 cm³/mol. The van der Waals surface area contributed by atoms with Crippen LogP contribution >= 0.6 is 11.8 Å². The fraction of sp³-hybridized carbons (Fsp3) is 0.444. The third kappa shape index (κ3) is 4.56. The van der Waals surface area contributed by atoms with E-state index in [4.69, 9.17) is 5.84 Å². The van der Waals surface area contributed by atoms with Crippen LogP contribution in [0.4, 0.5) is 19.1 Å². The van der Waals surface area contributed by atoms with Gasteiger partial charge in [-0.25, -0.2) is 15.8 Å². The number of amides is 1. The Balaban J connectivity index is 2.92. The van der Waals surface area contributed by atoms with E-state index in [0.29, 0.717) is 0 Å². The largest absolute Gasteiger partial charge is 0.433 e. The van der Waals surface area contributed by atoms with Crippen molar-refractivity contribution in [2.75, 3.05) is 25.3 Å². The maximum atomic E-state index is 12.6. The number of nitrogens with two attached hydrogens (primary N) is 1. The van der Waals surface area contributed by atoms with Crippen LogP contribution in [0.15, 0.2) is 11.1 Å². The molecule has 6 nitrogen and oxygen atoms in total. The van der Waals surface area contributed by atoms with Gasteiger partial charge in [-0.3, -0.25) is 10.2 Å². The average molecular weight is 295 g/mol. The summed E-state index contributed by atoms with van der Waals surface area (Å²) in [6, 6.07) is 0.772. The Bertz CT molecular complexity index is 466. The van der Waals surface area contributed by atoms with Crippen LogP contribution in [0.25, 0.3) is 0 Å². The number of rotatable bonds is 4. The molecule has 0 saturated carbocycles. The Morgan fingerprint density at radius 3 is 2.58 bits per heavy atom. The zero-order valence-electron chi connectivity index (χ0n) is 10.2. The number of thioether (sulfide) groups is 1. The van der Waals surface area contributed by atoms with Crippen LogP contribution in [0.3, 0.4) is 0 Å². The normalized spacial score (nSPS) is 11.3. The molecule has 0 unspecified atom stereocenters. The quantitative estimate of drug-likeness (QED) is 0.372. The van der Waals surface area contributed by atoms with Crippen molar-refractivity contribution in [1.82, 2.24) is 14.9 Å². The van der Waals surface area contributed by atoms with E-state index in [-0.39, 0.29) is 22.6 Å². The van der Waals surface area contributed by atoms with Gasteiger partial charge in [-0.1, -0.05) is 11.8 Å². The molecule has 0 saturated heterocycles. The fourth-order valence-electron chi connectivity index (χ4n) is 0.973. The van der Waals surface area contributed by atoms with Crippen molar-refractivity contribution in [1.29, 1.82) is 0 Å². The molecular formula is C9H12F3N5OS. The molecule has 0 fully saturated rings. The first-order valence-corrected chi connectivity index (χ1v) is 5.98. The molecule has 1 rings (SSSR count). The van der Waals surface area contributed by atoms with Gasteiger partial charge in [0.25, 0.3) is 0 Å². The zero-order valence-corrected chi connectivity index (χ0v) is 11.0. The second kappa shape index (κ2) is 6.06. The van der Waals surface area contributed by atoms with Crippen LogP contribution < -0.4 is 11.3 Å². The van der Waals surface area contributed by atoms with Crippen molar-refractivity contribution in [3.63, 3.8) is 0 Å². The van der Waals surface area contributed by atoms with E-state index in [2.05, 4.69) is 9.97 Å². The summed E-state index contributed by atoms with van der Waals surface area (Å²) in [7, 11) is 3.10. The molecule has 106 valence electrons. The van der Waals surface area contributed by atoms with Gasteiger partial charge < -0.3 is 4.90 Å². The number of halogens is 3. The van der Waals surface area contributed by atoms with Gasteiger partial charge in [0.05, 0.1) is 5.75 Å². The number of carbonyl (C=O) groups excluding carboxylic acids is 1. The minimum atomic E-state index is -4.60. The molecule has 1 aromatic rings. The smallest absolute Gasteiger partial charge is 0.348 e. The van der Waals surface area contributed by atoms with Gasteiger partial charge >= 0.3 is 6.18 Å². The Labute approximate surface area is 111 Å². The van der Waals surface area contributed by atoms with Gasteiger partial charge in [0.2, 0.25) is 11.9 Å². The molecule has 0 aliphatic heterocycles. The Hall–Kier alpha value is -1.55. The summed E-state index contributed by atoms with van der Waals surface area (Å²) in [5.41, 5.74) is 0.844. The number of hydrogen-bond acceptors (Lipinski definition) is 6. The summed E-state index contributed by atoms with van der Waals surface area (Å²) in [4.78, 5) is 19.6. The topological polar surface area (TPSA) is 84.1 Å². The lowest BCUT2D eigenvalue weighted by Crippen LogP contribution is -2.23. The van der Waals surface area contributed by atoms with Gasteiger partial charge in [-0.2, -0.15) is 13.2 Å². The number of anilines is 1. The average Bonchev–Trinajstić information content (AvgIpc) is 2.34. The number of nitrogens with one attached hydrogen (secondary N) is 1. The SMILES string of the molecule is CN(C)C(=O)CSc1cc(C(F)(F)F)nc(NN)n1. The van der Waals surface area contributed by atoms with Crippen LogP contribution in [0.5, 0.6) is 0 Å². The van der Waals surface area contributed by atoms with Crippen molar-refractivity contribution >= 4 is 23.6 Å². The highest BCUT2D eigenvalue weighted by molar-refractivity contribution is 7.99. The highest BCUT2D eigenvalue weighted by Crippen LogP contribution is 2.30. The Morgan fingerprint density at radius 1 is 1.47 bits per heavy atom. The van der Waals surface area contributed by atoms with Gasteiger partial charge in [0.1, 0.15) is 5.03 Å². The Kier molecular flexibility index (Phi) is 4.95. The molecule has 0 aromatic carbocycles. The van der Waals surface area contributed by atoms with E-state index in [0.717, 1.165) is 17.8 Å². The minimum Gasteiger partial charge on any atom is -0.348 e. The third-order valence-electron chi connectivity index (χ3n) is 1.96.